The summed E-state index contributed by atoms with van der Waals surface area (Å²) >= 11 is 0. The third-order valence-electron chi connectivity index (χ3n) is 3.80. The second-order valence-electron chi connectivity index (χ2n) is 5.68. The topological polar surface area (TPSA) is 69.2 Å². The highest BCUT2D eigenvalue weighted by atomic mass is 16.6. The molecule has 0 aromatic heterocycles. The van der Waals surface area contributed by atoms with E-state index in [4.69, 9.17) is 14.2 Å². The molecule has 130 valence electrons. The Labute approximate surface area is 146 Å². The highest BCUT2D eigenvalue weighted by Crippen LogP contribution is 2.30. The molecule has 1 aliphatic heterocycles. The van der Waals surface area contributed by atoms with E-state index in [0.29, 0.717) is 17.9 Å². The van der Waals surface area contributed by atoms with Gasteiger partial charge in [0.05, 0.1) is 7.11 Å². The van der Waals surface area contributed by atoms with Crippen LogP contribution in [0, 0.1) is 0 Å². The van der Waals surface area contributed by atoms with Crippen LogP contribution in [0.25, 0.3) is 0 Å². The van der Waals surface area contributed by atoms with Gasteiger partial charge in [-0.15, -0.1) is 0 Å². The van der Waals surface area contributed by atoms with Crippen molar-refractivity contribution in [2.75, 3.05) is 13.7 Å². The van der Waals surface area contributed by atoms with Crippen LogP contribution < -0.4 is 19.6 Å². The van der Waals surface area contributed by atoms with Crippen molar-refractivity contribution in [1.82, 2.24) is 5.43 Å². The number of benzene rings is 2. The highest BCUT2D eigenvalue weighted by molar-refractivity contribution is 5.87. The van der Waals surface area contributed by atoms with Gasteiger partial charge in [-0.1, -0.05) is 30.3 Å². The van der Waals surface area contributed by atoms with Gasteiger partial charge >= 0.3 is 0 Å². The summed E-state index contributed by atoms with van der Waals surface area (Å²) in [4.78, 5) is 12.2. The lowest BCUT2D eigenvalue weighted by Crippen LogP contribution is -2.42. The number of ether oxygens (including phenoxy) is 3. The molecule has 0 radical (unpaired) electrons. The predicted molar refractivity (Wildman–Crippen MR) is 94.3 cm³/mol. The number of hydrogen-bond acceptors (Lipinski definition) is 5. The molecule has 0 spiro atoms. The van der Waals surface area contributed by atoms with Crippen LogP contribution in [0.4, 0.5) is 0 Å². The molecule has 1 heterocycles. The number of carbonyl (C=O) groups excluding carboxylic acids is 1. The Bertz CT molecular complexity index is 788. The lowest BCUT2D eigenvalue weighted by Gasteiger charge is -2.24. The van der Waals surface area contributed by atoms with Crippen molar-refractivity contribution in [1.29, 1.82) is 0 Å². The molecule has 2 aromatic carbocycles. The van der Waals surface area contributed by atoms with Gasteiger partial charge in [0.2, 0.25) is 6.10 Å². The fourth-order valence-electron chi connectivity index (χ4n) is 2.54. The van der Waals surface area contributed by atoms with E-state index < -0.39 is 6.10 Å². The first-order chi connectivity index (χ1) is 12.2. The average molecular weight is 340 g/mol. The first-order valence-electron chi connectivity index (χ1n) is 8.01. The summed E-state index contributed by atoms with van der Waals surface area (Å²) in [6.07, 6.45) is -0.146. The molecule has 1 aliphatic rings. The van der Waals surface area contributed by atoms with Crippen molar-refractivity contribution in [2.45, 2.75) is 19.4 Å². The van der Waals surface area contributed by atoms with Crippen LogP contribution in [-0.2, 0) is 11.2 Å². The molecule has 25 heavy (non-hydrogen) atoms. The lowest BCUT2D eigenvalue weighted by molar-refractivity contribution is -0.130. The molecule has 0 saturated carbocycles. The molecule has 0 bridgehead atoms. The van der Waals surface area contributed by atoms with Crippen molar-refractivity contribution in [3.8, 4) is 17.2 Å². The minimum Gasteiger partial charge on any atom is -0.496 e. The van der Waals surface area contributed by atoms with E-state index in [1.54, 1.807) is 19.2 Å². The Morgan fingerprint density at radius 1 is 1.20 bits per heavy atom. The summed E-state index contributed by atoms with van der Waals surface area (Å²) in [6.45, 7) is 2.00. The van der Waals surface area contributed by atoms with E-state index in [1.807, 2.05) is 43.3 Å². The molecular weight excluding hydrogens is 320 g/mol. The Hall–Kier alpha value is -3.02. The average Bonchev–Trinajstić information content (AvgIpc) is 2.66. The number of methoxy groups -OCH3 is 1. The van der Waals surface area contributed by atoms with Crippen molar-refractivity contribution in [3.05, 3.63) is 54.1 Å². The van der Waals surface area contributed by atoms with E-state index in [1.165, 1.54) is 0 Å². The van der Waals surface area contributed by atoms with Gasteiger partial charge in [-0.3, -0.25) is 4.79 Å². The summed E-state index contributed by atoms with van der Waals surface area (Å²) in [6, 6.07) is 15.0. The molecule has 1 N–H and O–H groups in total. The van der Waals surface area contributed by atoms with Gasteiger partial charge in [0.1, 0.15) is 12.4 Å². The molecule has 6 nitrogen and oxygen atoms in total. The number of para-hydroxylation sites is 3. The lowest BCUT2D eigenvalue weighted by atomic mass is 10.1. The number of fused-ring (bicyclic) bond motifs is 1. The third kappa shape index (κ3) is 4.09. The Morgan fingerprint density at radius 3 is 2.72 bits per heavy atom. The zero-order chi connectivity index (χ0) is 17.6. The largest absolute Gasteiger partial charge is 0.496 e. The second-order valence-corrected chi connectivity index (χ2v) is 5.68. The van der Waals surface area contributed by atoms with Crippen LogP contribution in [0.5, 0.6) is 17.2 Å². The maximum absolute atomic E-state index is 12.2. The summed E-state index contributed by atoms with van der Waals surface area (Å²) < 4.78 is 16.5. The van der Waals surface area contributed by atoms with Gasteiger partial charge in [-0.2, -0.15) is 5.10 Å². The van der Waals surface area contributed by atoms with E-state index >= 15 is 0 Å². The highest BCUT2D eigenvalue weighted by Gasteiger charge is 2.27. The van der Waals surface area contributed by atoms with Crippen molar-refractivity contribution in [2.24, 2.45) is 5.10 Å². The second kappa shape index (κ2) is 7.70. The number of amides is 1. The van der Waals surface area contributed by atoms with Crippen molar-refractivity contribution in [3.63, 3.8) is 0 Å². The molecular formula is C19H20N2O4. The summed E-state index contributed by atoms with van der Waals surface area (Å²) in [5, 5.41) is 4.15. The van der Waals surface area contributed by atoms with Crippen LogP contribution in [0.3, 0.4) is 0 Å². The van der Waals surface area contributed by atoms with Crippen molar-refractivity contribution >= 4 is 11.6 Å². The zero-order valence-electron chi connectivity index (χ0n) is 14.2. The standard InChI is InChI=1S/C19H20N2O4/c1-13(11-14-7-3-4-8-15(14)23-2)20-21-19(22)18-12-24-16-9-5-6-10-17(16)25-18/h3-10,18H,11-12H2,1-2H3,(H,21,22)/b20-13-/t18-/m1/s1. The number of rotatable bonds is 5. The number of hydrazone groups is 1. The first kappa shape index (κ1) is 16.8. The first-order valence-corrected chi connectivity index (χ1v) is 8.01. The van der Waals surface area contributed by atoms with Crippen LogP contribution >= 0.6 is 0 Å². The minimum atomic E-state index is -0.724. The monoisotopic (exact) mass is 340 g/mol. The molecule has 0 unspecified atom stereocenters. The van der Waals surface area contributed by atoms with E-state index in [0.717, 1.165) is 17.0 Å². The van der Waals surface area contributed by atoms with E-state index in [9.17, 15) is 4.79 Å². The van der Waals surface area contributed by atoms with Gasteiger partial charge in [0.15, 0.2) is 11.5 Å². The third-order valence-corrected chi connectivity index (χ3v) is 3.80. The SMILES string of the molecule is COc1ccccc1C/C(C)=N\NC(=O)[C@H]1COc2ccccc2O1. The van der Waals surface area contributed by atoms with Gasteiger partial charge in [-0.05, 0) is 30.7 Å². The normalized spacial score (nSPS) is 16.2. The molecule has 1 atom stereocenters. The molecule has 0 fully saturated rings. The van der Waals surface area contributed by atoms with Gasteiger partial charge in [0.25, 0.3) is 5.91 Å². The Morgan fingerprint density at radius 2 is 1.92 bits per heavy atom. The quantitative estimate of drug-likeness (QED) is 0.671. The van der Waals surface area contributed by atoms with Crippen LogP contribution in [-0.4, -0.2) is 31.4 Å². The summed E-state index contributed by atoms with van der Waals surface area (Å²) in [5.41, 5.74) is 4.31. The van der Waals surface area contributed by atoms with E-state index in [-0.39, 0.29) is 12.5 Å². The molecule has 3 rings (SSSR count). The number of nitrogens with zero attached hydrogens (tertiary/aromatic N) is 1. The summed E-state index contributed by atoms with van der Waals surface area (Å²) in [7, 11) is 1.63. The fourth-order valence-corrected chi connectivity index (χ4v) is 2.54. The van der Waals surface area contributed by atoms with Gasteiger partial charge in [0, 0.05) is 12.1 Å². The molecule has 6 heteroatoms. The molecule has 0 saturated heterocycles. The summed E-state index contributed by atoms with van der Waals surface area (Å²) in [5.74, 6) is 1.66. The molecule has 0 aliphatic carbocycles. The molecule has 1 amide bonds. The molecule has 2 aromatic rings. The zero-order valence-corrected chi connectivity index (χ0v) is 14.2. The smallest absolute Gasteiger partial charge is 0.284 e. The number of carbonyl (C=O) groups is 1. The Kier molecular flexibility index (Phi) is 5.18. The fraction of sp³-hybridized carbons (Fsp3) is 0.263. The number of hydrogen-bond donors (Lipinski definition) is 1. The maximum Gasteiger partial charge on any atom is 0.284 e. The Balaban J connectivity index is 1.59. The van der Waals surface area contributed by atoms with Crippen LogP contribution in [0.15, 0.2) is 53.6 Å². The van der Waals surface area contributed by atoms with Gasteiger partial charge in [-0.25, -0.2) is 5.43 Å². The van der Waals surface area contributed by atoms with Crippen LogP contribution in [0.1, 0.15) is 12.5 Å². The van der Waals surface area contributed by atoms with Gasteiger partial charge < -0.3 is 14.2 Å². The minimum absolute atomic E-state index is 0.157. The maximum atomic E-state index is 12.2. The van der Waals surface area contributed by atoms with Crippen LogP contribution in [0.2, 0.25) is 0 Å². The van der Waals surface area contributed by atoms with E-state index in [2.05, 4.69) is 10.5 Å². The van der Waals surface area contributed by atoms with Crippen molar-refractivity contribution < 1.29 is 19.0 Å². The number of nitrogens with one attached hydrogen (secondary N) is 1. The predicted octanol–water partition coefficient (Wildman–Crippen LogP) is 2.57.